The van der Waals surface area contributed by atoms with Gasteiger partial charge in [0.15, 0.2) is 0 Å². The molecule has 0 aliphatic carbocycles. The highest BCUT2D eigenvalue weighted by atomic mass is 35.5. The van der Waals surface area contributed by atoms with E-state index in [9.17, 15) is 24.0 Å². The molecule has 0 saturated heterocycles. The fourth-order valence-corrected chi connectivity index (χ4v) is 2.34. The molecule has 1 atom stereocenters. The normalized spacial score (nSPS) is 12.2. The zero-order valence-corrected chi connectivity index (χ0v) is 12.6. The summed E-state index contributed by atoms with van der Waals surface area (Å²) in [4.78, 5) is 10.4. The molecule has 0 amide bonds. The SMILES string of the molecule is O=[N+]([O-])c1ccc(Cl)cc1CNCC(O)c1c(F)cccc1F. The summed E-state index contributed by atoms with van der Waals surface area (Å²) in [5.41, 5.74) is -0.266. The van der Waals surface area contributed by atoms with Gasteiger partial charge in [-0.1, -0.05) is 17.7 Å². The van der Waals surface area contributed by atoms with Gasteiger partial charge in [-0.3, -0.25) is 10.1 Å². The van der Waals surface area contributed by atoms with Crippen LogP contribution in [-0.2, 0) is 6.54 Å². The summed E-state index contributed by atoms with van der Waals surface area (Å²) in [6.45, 7) is -0.161. The molecule has 0 radical (unpaired) electrons. The van der Waals surface area contributed by atoms with Crippen LogP contribution in [0.25, 0.3) is 0 Å². The van der Waals surface area contributed by atoms with Crippen molar-refractivity contribution in [3.8, 4) is 0 Å². The van der Waals surface area contributed by atoms with Gasteiger partial charge in [-0.2, -0.15) is 0 Å². The Labute approximate surface area is 135 Å². The minimum absolute atomic E-state index is 0.0179. The maximum Gasteiger partial charge on any atom is 0.273 e. The number of hydrogen-bond donors (Lipinski definition) is 2. The first-order chi connectivity index (χ1) is 10.9. The fourth-order valence-electron chi connectivity index (χ4n) is 2.15. The van der Waals surface area contributed by atoms with Crippen molar-refractivity contribution in [1.82, 2.24) is 5.32 Å². The lowest BCUT2D eigenvalue weighted by molar-refractivity contribution is -0.385. The fraction of sp³-hybridized carbons (Fsp3) is 0.200. The lowest BCUT2D eigenvalue weighted by Crippen LogP contribution is -2.23. The van der Waals surface area contributed by atoms with E-state index in [1.54, 1.807) is 0 Å². The molecule has 0 heterocycles. The van der Waals surface area contributed by atoms with E-state index in [0.717, 1.165) is 12.1 Å². The highest BCUT2D eigenvalue weighted by Gasteiger charge is 2.18. The summed E-state index contributed by atoms with van der Waals surface area (Å²) < 4.78 is 27.1. The van der Waals surface area contributed by atoms with E-state index < -0.39 is 28.2 Å². The molecular weight excluding hydrogens is 330 g/mol. The average Bonchev–Trinajstić information content (AvgIpc) is 2.46. The summed E-state index contributed by atoms with van der Waals surface area (Å²) in [5.74, 6) is -1.71. The lowest BCUT2D eigenvalue weighted by atomic mass is 10.1. The number of aliphatic hydroxyl groups is 1. The van der Waals surface area contributed by atoms with Gasteiger partial charge in [0.2, 0.25) is 0 Å². The van der Waals surface area contributed by atoms with E-state index in [1.807, 2.05) is 0 Å². The van der Waals surface area contributed by atoms with Crippen LogP contribution in [0.4, 0.5) is 14.5 Å². The Hall–Kier alpha value is -2.09. The average molecular weight is 343 g/mol. The zero-order valence-electron chi connectivity index (χ0n) is 11.8. The van der Waals surface area contributed by atoms with Gasteiger partial charge in [0, 0.05) is 29.7 Å². The van der Waals surface area contributed by atoms with Crippen molar-refractivity contribution in [2.75, 3.05) is 6.54 Å². The predicted molar refractivity (Wildman–Crippen MR) is 81.1 cm³/mol. The quantitative estimate of drug-likeness (QED) is 0.623. The number of rotatable bonds is 6. The molecule has 2 N–H and O–H groups in total. The number of hydrogen-bond acceptors (Lipinski definition) is 4. The molecule has 0 spiro atoms. The Kier molecular flexibility index (Phi) is 5.59. The van der Waals surface area contributed by atoms with Gasteiger partial charge in [-0.25, -0.2) is 8.78 Å². The van der Waals surface area contributed by atoms with E-state index in [1.165, 1.54) is 24.3 Å². The molecule has 0 fully saturated rings. The Morgan fingerprint density at radius 2 is 1.91 bits per heavy atom. The molecule has 2 rings (SSSR count). The molecule has 0 aliphatic heterocycles. The smallest absolute Gasteiger partial charge is 0.273 e. The van der Waals surface area contributed by atoms with Crippen LogP contribution in [0.5, 0.6) is 0 Å². The summed E-state index contributed by atoms with van der Waals surface area (Å²) >= 11 is 5.80. The number of nitrogens with zero attached hydrogens (tertiary/aromatic N) is 1. The molecular formula is C15H13ClF2N2O3. The molecule has 0 bridgehead atoms. The van der Waals surface area contributed by atoms with Gasteiger partial charge >= 0.3 is 0 Å². The van der Waals surface area contributed by atoms with Crippen LogP contribution >= 0.6 is 11.6 Å². The number of benzene rings is 2. The van der Waals surface area contributed by atoms with E-state index in [2.05, 4.69) is 5.32 Å². The van der Waals surface area contributed by atoms with Crippen molar-refractivity contribution in [2.24, 2.45) is 0 Å². The highest BCUT2D eigenvalue weighted by molar-refractivity contribution is 6.30. The Bertz CT molecular complexity index is 708. The second kappa shape index (κ2) is 7.45. The minimum atomic E-state index is -1.42. The van der Waals surface area contributed by atoms with E-state index >= 15 is 0 Å². The third-order valence-electron chi connectivity index (χ3n) is 3.22. The third kappa shape index (κ3) is 4.22. The van der Waals surface area contributed by atoms with Gasteiger partial charge in [-0.05, 0) is 24.3 Å². The first-order valence-corrected chi connectivity index (χ1v) is 7.03. The second-order valence-electron chi connectivity index (χ2n) is 4.81. The maximum atomic E-state index is 13.5. The molecule has 8 heteroatoms. The van der Waals surface area contributed by atoms with Crippen molar-refractivity contribution in [2.45, 2.75) is 12.6 Å². The topological polar surface area (TPSA) is 75.4 Å². The third-order valence-corrected chi connectivity index (χ3v) is 3.46. The van der Waals surface area contributed by atoms with Crippen LogP contribution in [-0.4, -0.2) is 16.6 Å². The van der Waals surface area contributed by atoms with Crippen molar-refractivity contribution >= 4 is 17.3 Å². The largest absolute Gasteiger partial charge is 0.387 e. The van der Waals surface area contributed by atoms with E-state index in [0.29, 0.717) is 10.6 Å². The Morgan fingerprint density at radius 1 is 1.26 bits per heavy atom. The van der Waals surface area contributed by atoms with Crippen LogP contribution in [0.2, 0.25) is 5.02 Å². The number of halogens is 3. The first kappa shape index (κ1) is 17.3. The van der Waals surface area contributed by atoms with E-state index in [-0.39, 0.29) is 18.8 Å². The summed E-state index contributed by atoms with van der Waals surface area (Å²) in [5, 5.41) is 23.9. The number of nitrogens with one attached hydrogen (secondary N) is 1. The summed E-state index contributed by atoms with van der Waals surface area (Å²) in [6.07, 6.45) is -1.42. The van der Waals surface area contributed by atoms with Crippen LogP contribution in [0.1, 0.15) is 17.2 Å². The molecule has 1 unspecified atom stereocenters. The van der Waals surface area contributed by atoms with Crippen molar-refractivity contribution in [1.29, 1.82) is 0 Å². The van der Waals surface area contributed by atoms with Crippen LogP contribution in [0.15, 0.2) is 36.4 Å². The van der Waals surface area contributed by atoms with Gasteiger partial charge < -0.3 is 10.4 Å². The second-order valence-corrected chi connectivity index (χ2v) is 5.25. The number of nitro groups is 1. The Morgan fingerprint density at radius 3 is 2.52 bits per heavy atom. The lowest BCUT2D eigenvalue weighted by Gasteiger charge is -2.14. The zero-order chi connectivity index (χ0) is 17.0. The minimum Gasteiger partial charge on any atom is -0.387 e. The van der Waals surface area contributed by atoms with Crippen molar-refractivity contribution in [3.63, 3.8) is 0 Å². The molecule has 0 aromatic heterocycles. The van der Waals surface area contributed by atoms with Gasteiger partial charge in [0.05, 0.1) is 16.6 Å². The predicted octanol–water partition coefficient (Wildman–Crippen LogP) is 3.35. The number of nitro benzene ring substituents is 1. The molecule has 122 valence electrons. The summed E-state index contributed by atoms with van der Waals surface area (Å²) in [7, 11) is 0. The van der Waals surface area contributed by atoms with E-state index in [4.69, 9.17) is 11.6 Å². The molecule has 23 heavy (non-hydrogen) atoms. The molecule has 0 saturated carbocycles. The maximum absolute atomic E-state index is 13.5. The van der Waals surface area contributed by atoms with Gasteiger partial charge in [-0.15, -0.1) is 0 Å². The van der Waals surface area contributed by atoms with Crippen LogP contribution in [0, 0.1) is 21.7 Å². The molecule has 5 nitrogen and oxygen atoms in total. The summed E-state index contributed by atoms with van der Waals surface area (Å²) in [6, 6.07) is 7.37. The molecule has 2 aromatic rings. The monoisotopic (exact) mass is 342 g/mol. The van der Waals surface area contributed by atoms with Gasteiger partial charge in [0.25, 0.3) is 5.69 Å². The first-order valence-electron chi connectivity index (χ1n) is 6.65. The van der Waals surface area contributed by atoms with Gasteiger partial charge in [0.1, 0.15) is 11.6 Å². The number of aliphatic hydroxyl groups excluding tert-OH is 1. The standard InChI is InChI=1S/C15H13ClF2N2O3/c16-10-4-5-13(20(22)23)9(6-10)7-19-8-14(21)15-11(17)2-1-3-12(15)18/h1-6,14,19,21H,7-8H2. The Balaban J connectivity index is 2.05. The van der Waals surface area contributed by atoms with Crippen LogP contribution < -0.4 is 5.32 Å². The highest BCUT2D eigenvalue weighted by Crippen LogP contribution is 2.23. The molecule has 0 aliphatic rings. The molecule has 2 aromatic carbocycles. The van der Waals surface area contributed by atoms with Crippen molar-refractivity contribution in [3.05, 3.63) is 74.3 Å². The van der Waals surface area contributed by atoms with Crippen LogP contribution in [0.3, 0.4) is 0 Å². The van der Waals surface area contributed by atoms with Crippen molar-refractivity contribution < 1.29 is 18.8 Å².